The third kappa shape index (κ3) is 4.71. The van der Waals surface area contributed by atoms with Crippen LogP contribution in [0.3, 0.4) is 0 Å². The summed E-state index contributed by atoms with van der Waals surface area (Å²) in [5.41, 5.74) is 1.01. The van der Waals surface area contributed by atoms with Gasteiger partial charge in [0.1, 0.15) is 11.5 Å². The predicted octanol–water partition coefficient (Wildman–Crippen LogP) is 4.45. The number of Topliss-reactive ketones (excluding diaryl/α,β-unsaturated/α-hetero) is 1. The van der Waals surface area contributed by atoms with Crippen LogP contribution in [-0.4, -0.2) is 29.7 Å². The smallest absolute Gasteiger partial charge is 0.293 e. The molecule has 2 aromatic rings. The van der Waals surface area contributed by atoms with E-state index in [0.29, 0.717) is 37.3 Å². The van der Waals surface area contributed by atoms with Gasteiger partial charge < -0.3 is 10.2 Å². The van der Waals surface area contributed by atoms with E-state index in [2.05, 4.69) is 5.32 Å². The molecule has 1 fully saturated rings. The average molecular weight is 420 g/mol. The fourth-order valence-electron chi connectivity index (χ4n) is 3.36. The Labute approximate surface area is 171 Å². The van der Waals surface area contributed by atoms with Crippen molar-refractivity contribution in [3.05, 3.63) is 62.9 Å². The van der Waals surface area contributed by atoms with Crippen molar-refractivity contribution in [2.45, 2.75) is 19.8 Å². The van der Waals surface area contributed by atoms with Crippen molar-refractivity contribution < 1.29 is 18.9 Å². The Morgan fingerprint density at radius 3 is 2.48 bits per heavy atom. The minimum Gasteiger partial charge on any atom is -0.366 e. The molecule has 1 heterocycles. The second-order valence-electron chi connectivity index (χ2n) is 6.90. The molecule has 1 aliphatic heterocycles. The number of nitrogens with zero attached hydrogens (tertiary/aromatic N) is 2. The molecule has 1 aliphatic rings. The molecule has 0 radical (unpaired) electrons. The quantitative estimate of drug-likeness (QED) is 0.439. The van der Waals surface area contributed by atoms with Crippen molar-refractivity contribution in [1.29, 1.82) is 0 Å². The average Bonchev–Trinajstić information content (AvgIpc) is 2.70. The molecular weight excluding hydrogens is 401 g/mol. The maximum Gasteiger partial charge on any atom is 0.293 e. The highest BCUT2D eigenvalue weighted by Crippen LogP contribution is 2.33. The summed E-state index contributed by atoms with van der Waals surface area (Å²) in [5.74, 6) is -1.27. The number of hydrogen-bond acceptors (Lipinski definition) is 5. The molecule has 2 aromatic carbocycles. The summed E-state index contributed by atoms with van der Waals surface area (Å²) in [6, 6.07) is 8.41. The van der Waals surface area contributed by atoms with E-state index in [-0.39, 0.29) is 33.9 Å². The van der Waals surface area contributed by atoms with Crippen LogP contribution in [0, 0.1) is 21.8 Å². The SMILES string of the molecule is CC(=O)c1ccc(N2CCC(C(=O)Nc3ccc(F)c(Cl)c3)CC2)c([N+](=O)[O-])c1. The van der Waals surface area contributed by atoms with Crippen LogP contribution in [0.15, 0.2) is 36.4 Å². The first-order valence-corrected chi connectivity index (χ1v) is 9.44. The Morgan fingerprint density at radius 1 is 1.21 bits per heavy atom. The van der Waals surface area contributed by atoms with Gasteiger partial charge in [-0.05, 0) is 50.1 Å². The number of nitro benzene ring substituents is 1. The molecule has 0 bridgehead atoms. The maximum atomic E-state index is 13.2. The summed E-state index contributed by atoms with van der Waals surface area (Å²) < 4.78 is 13.2. The van der Waals surface area contributed by atoms with E-state index in [9.17, 15) is 24.1 Å². The second kappa shape index (κ2) is 8.57. The Bertz CT molecular complexity index is 974. The summed E-state index contributed by atoms with van der Waals surface area (Å²) in [5, 5.41) is 14.1. The normalized spacial score (nSPS) is 14.5. The van der Waals surface area contributed by atoms with Gasteiger partial charge in [0.15, 0.2) is 5.78 Å². The van der Waals surface area contributed by atoms with Crippen molar-refractivity contribution >= 4 is 40.4 Å². The van der Waals surface area contributed by atoms with Crippen LogP contribution in [0.25, 0.3) is 0 Å². The zero-order valence-corrected chi connectivity index (χ0v) is 16.4. The number of carbonyl (C=O) groups is 2. The minimum atomic E-state index is -0.560. The van der Waals surface area contributed by atoms with Gasteiger partial charge in [-0.2, -0.15) is 0 Å². The van der Waals surface area contributed by atoms with Crippen molar-refractivity contribution in [1.82, 2.24) is 0 Å². The lowest BCUT2D eigenvalue weighted by Gasteiger charge is -2.32. The molecule has 1 amide bonds. The highest BCUT2D eigenvalue weighted by Gasteiger charge is 2.29. The largest absolute Gasteiger partial charge is 0.366 e. The number of amides is 1. The minimum absolute atomic E-state index is 0.0704. The molecule has 3 rings (SSSR count). The van der Waals surface area contributed by atoms with E-state index in [4.69, 9.17) is 11.6 Å². The zero-order chi connectivity index (χ0) is 21.1. The Hall–Kier alpha value is -3.00. The van der Waals surface area contributed by atoms with E-state index in [1.807, 2.05) is 4.90 Å². The Balaban J connectivity index is 1.67. The van der Waals surface area contributed by atoms with E-state index in [0.717, 1.165) is 0 Å². The van der Waals surface area contributed by atoms with E-state index >= 15 is 0 Å². The van der Waals surface area contributed by atoms with Crippen LogP contribution in [0.1, 0.15) is 30.1 Å². The molecule has 0 saturated carbocycles. The van der Waals surface area contributed by atoms with Crippen LogP contribution in [-0.2, 0) is 4.79 Å². The molecule has 0 aromatic heterocycles. The lowest BCUT2D eigenvalue weighted by atomic mass is 9.95. The number of nitro groups is 1. The molecule has 0 spiro atoms. The number of piperidine rings is 1. The van der Waals surface area contributed by atoms with Crippen LogP contribution >= 0.6 is 11.6 Å². The highest BCUT2D eigenvalue weighted by molar-refractivity contribution is 6.31. The van der Waals surface area contributed by atoms with Gasteiger partial charge in [-0.25, -0.2) is 4.39 Å². The summed E-state index contributed by atoms with van der Waals surface area (Å²) in [4.78, 5) is 36.8. The molecule has 29 heavy (non-hydrogen) atoms. The summed E-state index contributed by atoms with van der Waals surface area (Å²) in [6.45, 7) is 2.28. The van der Waals surface area contributed by atoms with Crippen LogP contribution in [0.4, 0.5) is 21.5 Å². The number of rotatable bonds is 5. The first-order chi connectivity index (χ1) is 13.8. The summed E-state index contributed by atoms with van der Waals surface area (Å²) >= 11 is 5.73. The standard InChI is InChI=1S/C20H19ClFN3O4/c1-12(26)14-2-5-18(19(10-14)25(28)29)24-8-6-13(7-9-24)20(27)23-15-3-4-17(22)16(21)11-15/h2-5,10-11,13H,6-9H2,1H3,(H,23,27). The van der Waals surface area contributed by atoms with Gasteiger partial charge in [0.25, 0.3) is 5.69 Å². The lowest BCUT2D eigenvalue weighted by Crippen LogP contribution is -2.38. The maximum absolute atomic E-state index is 13.2. The number of anilines is 2. The van der Waals surface area contributed by atoms with Gasteiger partial charge in [0.05, 0.1) is 9.95 Å². The van der Waals surface area contributed by atoms with Crippen molar-refractivity contribution in [3.63, 3.8) is 0 Å². The van der Waals surface area contributed by atoms with Crippen LogP contribution in [0.2, 0.25) is 5.02 Å². The molecule has 1 N–H and O–H groups in total. The van der Waals surface area contributed by atoms with Crippen LogP contribution in [0.5, 0.6) is 0 Å². The number of benzene rings is 2. The summed E-state index contributed by atoms with van der Waals surface area (Å²) in [6.07, 6.45) is 1.01. The van der Waals surface area contributed by atoms with Crippen molar-refractivity contribution in [3.8, 4) is 0 Å². The molecule has 0 unspecified atom stereocenters. The van der Waals surface area contributed by atoms with E-state index in [1.54, 1.807) is 12.1 Å². The Morgan fingerprint density at radius 2 is 1.90 bits per heavy atom. The van der Waals surface area contributed by atoms with Crippen molar-refractivity contribution in [2.75, 3.05) is 23.3 Å². The molecule has 7 nitrogen and oxygen atoms in total. The topological polar surface area (TPSA) is 92.6 Å². The second-order valence-corrected chi connectivity index (χ2v) is 7.30. The van der Waals surface area contributed by atoms with Gasteiger partial charge >= 0.3 is 0 Å². The first-order valence-electron chi connectivity index (χ1n) is 9.06. The van der Waals surface area contributed by atoms with E-state index < -0.39 is 10.7 Å². The number of halogens is 2. The molecule has 152 valence electrons. The molecule has 0 atom stereocenters. The number of ketones is 1. The van der Waals surface area contributed by atoms with Gasteiger partial charge in [0, 0.05) is 36.3 Å². The van der Waals surface area contributed by atoms with Gasteiger partial charge in [0.2, 0.25) is 5.91 Å². The van der Waals surface area contributed by atoms with E-state index in [1.165, 1.54) is 31.2 Å². The third-order valence-corrected chi connectivity index (χ3v) is 5.26. The number of carbonyl (C=O) groups excluding carboxylic acids is 2. The molecule has 0 aliphatic carbocycles. The predicted molar refractivity (Wildman–Crippen MR) is 108 cm³/mol. The fourth-order valence-corrected chi connectivity index (χ4v) is 3.54. The molecule has 1 saturated heterocycles. The molecule has 9 heteroatoms. The van der Waals surface area contributed by atoms with Crippen LogP contribution < -0.4 is 10.2 Å². The number of hydrogen-bond donors (Lipinski definition) is 1. The molecular formula is C20H19ClFN3O4. The highest BCUT2D eigenvalue weighted by atomic mass is 35.5. The monoisotopic (exact) mass is 419 g/mol. The summed E-state index contributed by atoms with van der Waals surface area (Å²) in [7, 11) is 0. The van der Waals surface area contributed by atoms with Crippen molar-refractivity contribution in [2.24, 2.45) is 5.92 Å². The fraction of sp³-hybridized carbons (Fsp3) is 0.300. The lowest BCUT2D eigenvalue weighted by molar-refractivity contribution is -0.384. The third-order valence-electron chi connectivity index (χ3n) is 4.97. The van der Waals surface area contributed by atoms with Gasteiger partial charge in [-0.1, -0.05) is 11.6 Å². The van der Waals surface area contributed by atoms with Gasteiger partial charge in [-0.15, -0.1) is 0 Å². The van der Waals surface area contributed by atoms with Gasteiger partial charge in [-0.3, -0.25) is 19.7 Å². The zero-order valence-electron chi connectivity index (χ0n) is 15.7. The number of nitrogens with one attached hydrogen (secondary N) is 1. The Kier molecular flexibility index (Phi) is 6.12. The first kappa shape index (κ1) is 20.7.